The predicted molar refractivity (Wildman–Crippen MR) is 120 cm³/mol. The first-order chi connectivity index (χ1) is 14.3. The number of aryl methyl sites for hydroxylation is 2. The Balaban J connectivity index is 1.99. The van der Waals surface area contributed by atoms with Crippen LogP contribution >= 0.6 is 11.8 Å². The minimum atomic E-state index is -3.79. The van der Waals surface area contributed by atoms with Crippen LogP contribution in [0.5, 0.6) is 0 Å². The highest BCUT2D eigenvalue weighted by Gasteiger charge is 2.23. The molecule has 30 heavy (non-hydrogen) atoms. The van der Waals surface area contributed by atoms with Crippen LogP contribution in [-0.2, 0) is 10.0 Å². The molecule has 1 aromatic carbocycles. The monoisotopic (exact) mass is 444 g/mol. The van der Waals surface area contributed by atoms with Crippen LogP contribution in [0.4, 0.5) is 0 Å². The van der Waals surface area contributed by atoms with Crippen molar-refractivity contribution in [2.75, 3.05) is 12.0 Å². The minimum absolute atomic E-state index is 0.189. The van der Waals surface area contributed by atoms with Crippen molar-refractivity contribution < 1.29 is 8.42 Å². The van der Waals surface area contributed by atoms with Gasteiger partial charge in [-0.1, -0.05) is 12.1 Å². The summed E-state index contributed by atoms with van der Waals surface area (Å²) in [5.74, 6) is 1.01. The van der Waals surface area contributed by atoms with Crippen LogP contribution in [0.25, 0.3) is 11.5 Å². The number of pyridine rings is 1. The third kappa shape index (κ3) is 5.35. The SMILES string of the molecule is CSCCC(NS(=O)(=O)c1ccc(C)c(C)c1)c1cc(=O)[nH]c(-c2ccccn2)n1. The number of aromatic amines is 1. The van der Waals surface area contributed by atoms with Gasteiger partial charge in [-0.25, -0.2) is 18.1 Å². The zero-order valence-electron chi connectivity index (χ0n) is 17.0. The molecule has 0 spiro atoms. The number of H-pyrrole nitrogens is 1. The van der Waals surface area contributed by atoms with E-state index in [2.05, 4.69) is 19.7 Å². The van der Waals surface area contributed by atoms with E-state index in [1.54, 1.807) is 54.4 Å². The Hall–Kier alpha value is -2.49. The van der Waals surface area contributed by atoms with E-state index in [1.807, 2.05) is 20.1 Å². The highest BCUT2D eigenvalue weighted by Crippen LogP contribution is 2.22. The molecule has 0 aliphatic heterocycles. The van der Waals surface area contributed by atoms with Crippen LogP contribution in [0.1, 0.15) is 29.3 Å². The summed E-state index contributed by atoms with van der Waals surface area (Å²) in [5, 5.41) is 0. The Bertz CT molecular complexity index is 1180. The average molecular weight is 445 g/mol. The number of hydrogen-bond acceptors (Lipinski definition) is 6. The number of thioether (sulfide) groups is 1. The predicted octanol–water partition coefficient (Wildman–Crippen LogP) is 3.22. The van der Waals surface area contributed by atoms with E-state index in [4.69, 9.17) is 0 Å². The van der Waals surface area contributed by atoms with E-state index >= 15 is 0 Å². The van der Waals surface area contributed by atoms with Gasteiger partial charge in [-0.2, -0.15) is 11.8 Å². The molecule has 7 nitrogen and oxygen atoms in total. The second-order valence-electron chi connectivity index (χ2n) is 6.94. The summed E-state index contributed by atoms with van der Waals surface area (Å²) < 4.78 is 28.8. The highest BCUT2D eigenvalue weighted by molar-refractivity contribution is 7.98. The molecule has 0 aliphatic carbocycles. The normalized spacial score (nSPS) is 12.6. The van der Waals surface area contributed by atoms with Crippen molar-refractivity contribution in [3.05, 3.63) is 75.8 Å². The summed E-state index contributed by atoms with van der Waals surface area (Å²) in [7, 11) is -3.79. The smallest absolute Gasteiger partial charge is 0.251 e. The zero-order chi connectivity index (χ0) is 21.7. The first kappa shape index (κ1) is 22.2. The summed E-state index contributed by atoms with van der Waals surface area (Å²) in [6.45, 7) is 3.80. The highest BCUT2D eigenvalue weighted by atomic mass is 32.2. The second-order valence-corrected chi connectivity index (χ2v) is 9.63. The molecule has 0 radical (unpaired) electrons. The summed E-state index contributed by atoms with van der Waals surface area (Å²) in [6.07, 6.45) is 4.04. The summed E-state index contributed by atoms with van der Waals surface area (Å²) in [4.78, 5) is 23.9. The first-order valence-electron chi connectivity index (χ1n) is 9.41. The van der Waals surface area contributed by atoms with Crippen molar-refractivity contribution in [1.29, 1.82) is 0 Å². The van der Waals surface area contributed by atoms with Crippen molar-refractivity contribution in [2.45, 2.75) is 31.2 Å². The van der Waals surface area contributed by atoms with Crippen molar-refractivity contribution in [2.24, 2.45) is 0 Å². The standard InChI is InChI=1S/C21H24N4O3S2/c1-14-7-8-16(12-15(14)2)30(27,28)25-17(9-11-29-3)19-13-20(26)24-21(23-19)18-6-4-5-10-22-18/h4-8,10,12-13,17,25H,9,11H2,1-3H3,(H,23,24,26). The molecule has 2 N–H and O–H groups in total. The maximum absolute atomic E-state index is 13.0. The Kier molecular flexibility index (Phi) is 7.06. The molecule has 158 valence electrons. The number of hydrogen-bond donors (Lipinski definition) is 2. The van der Waals surface area contributed by atoms with Crippen LogP contribution in [0.15, 0.2) is 58.4 Å². The summed E-state index contributed by atoms with van der Waals surface area (Å²) >= 11 is 1.59. The Labute approximate surface area is 180 Å². The van der Waals surface area contributed by atoms with Gasteiger partial charge >= 0.3 is 0 Å². The topological polar surface area (TPSA) is 105 Å². The van der Waals surface area contributed by atoms with Gasteiger partial charge in [-0.05, 0) is 67.7 Å². The van der Waals surface area contributed by atoms with Crippen LogP contribution in [0.3, 0.4) is 0 Å². The molecule has 0 bridgehead atoms. The average Bonchev–Trinajstić information content (AvgIpc) is 2.73. The van der Waals surface area contributed by atoms with E-state index < -0.39 is 16.1 Å². The molecule has 9 heteroatoms. The van der Waals surface area contributed by atoms with Crippen LogP contribution in [-0.4, -0.2) is 35.4 Å². The van der Waals surface area contributed by atoms with Crippen LogP contribution in [0.2, 0.25) is 0 Å². The summed E-state index contributed by atoms with van der Waals surface area (Å²) in [6, 6.07) is 11.0. The van der Waals surface area contributed by atoms with Crippen molar-refractivity contribution in [3.63, 3.8) is 0 Å². The van der Waals surface area contributed by atoms with Gasteiger partial charge in [-0.3, -0.25) is 9.78 Å². The number of aromatic nitrogens is 3. The molecule has 0 saturated heterocycles. The number of nitrogens with zero attached hydrogens (tertiary/aromatic N) is 2. The molecular weight excluding hydrogens is 420 g/mol. The lowest BCUT2D eigenvalue weighted by atomic mass is 10.1. The van der Waals surface area contributed by atoms with E-state index in [0.717, 1.165) is 11.1 Å². The molecule has 1 unspecified atom stereocenters. The molecule has 1 atom stereocenters. The molecule has 0 aliphatic rings. The molecule has 3 aromatic rings. The number of rotatable bonds is 8. The lowest BCUT2D eigenvalue weighted by Crippen LogP contribution is -2.31. The van der Waals surface area contributed by atoms with Crippen molar-refractivity contribution >= 4 is 21.8 Å². The van der Waals surface area contributed by atoms with E-state index in [0.29, 0.717) is 29.4 Å². The number of benzene rings is 1. The minimum Gasteiger partial charge on any atom is -0.305 e. The maximum Gasteiger partial charge on any atom is 0.251 e. The van der Waals surface area contributed by atoms with Gasteiger partial charge in [-0.15, -0.1) is 0 Å². The Morgan fingerprint density at radius 3 is 2.60 bits per heavy atom. The molecule has 0 amide bonds. The van der Waals surface area contributed by atoms with Crippen LogP contribution < -0.4 is 10.3 Å². The fourth-order valence-corrected chi connectivity index (χ4v) is 4.72. The lowest BCUT2D eigenvalue weighted by Gasteiger charge is -2.19. The summed E-state index contributed by atoms with van der Waals surface area (Å²) in [5.41, 5.74) is 2.42. The van der Waals surface area contributed by atoms with E-state index in [9.17, 15) is 13.2 Å². The van der Waals surface area contributed by atoms with Crippen molar-refractivity contribution in [1.82, 2.24) is 19.7 Å². The molecule has 0 saturated carbocycles. The quantitative estimate of drug-likeness (QED) is 0.553. The second kappa shape index (κ2) is 9.55. The molecule has 3 rings (SSSR count). The van der Waals surface area contributed by atoms with E-state index in [-0.39, 0.29) is 10.5 Å². The maximum atomic E-state index is 13.0. The van der Waals surface area contributed by atoms with Gasteiger partial charge in [0.2, 0.25) is 10.0 Å². The van der Waals surface area contributed by atoms with Gasteiger partial charge in [0.1, 0.15) is 5.69 Å². The third-order valence-corrected chi connectivity index (χ3v) is 6.84. The molecule has 2 heterocycles. The molecule has 2 aromatic heterocycles. The number of nitrogens with one attached hydrogen (secondary N) is 2. The van der Waals surface area contributed by atoms with Gasteiger partial charge in [0, 0.05) is 12.3 Å². The fraction of sp³-hybridized carbons (Fsp3) is 0.286. The molecule has 0 fully saturated rings. The van der Waals surface area contributed by atoms with Gasteiger partial charge in [0.05, 0.1) is 16.6 Å². The van der Waals surface area contributed by atoms with Crippen molar-refractivity contribution in [3.8, 4) is 11.5 Å². The van der Waals surface area contributed by atoms with E-state index in [1.165, 1.54) is 6.07 Å². The fourth-order valence-electron chi connectivity index (χ4n) is 2.92. The Morgan fingerprint density at radius 1 is 1.13 bits per heavy atom. The third-order valence-electron chi connectivity index (χ3n) is 4.72. The molecular formula is C21H24N4O3S2. The number of sulfonamides is 1. The lowest BCUT2D eigenvalue weighted by molar-refractivity contribution is 0.545. The first-order valence-corrected chi connectivity index (χ1v) is 12.3. The van der Waals surface area contributed by atoms with Gasteiger partial charge in [0.25, 0.3) is 5.56 Å². The van der Waals surface area contributed by atoms with Gasteiger partial charge in [0.15, 0.2) is 5.82 Å². The van der Waals surface area contributed by atoms with Crippen LogP contribution in [0, 0.1) is 13.8 Å². The largest absolute Gasteiger partial charge is 0.305 e. The Morgan fingerprint density at radius 2 is 1.93 bits per heavy atom. The van der Waals surface area contributed by atoms with Gasteiger partial charge < -0.3 is 4.98 Å². The zero-order valence-corrected chi connectivity index (χ0v) is 18.7.